The molecule has 70 valence electrons. The Morgan fingerprint density at radius 2 is 2.31 bits per heavy atom. The van der Waals surface area contributed by atoms with Crippen LogP contribution in [0.2, 0.25) is 0 Å². The van der Waals surface area contributed by atoms with Crippen LogP contribution < -0.4 is 5.73 Å². The summed E-state index contributed by atoms with van der Waals surface area (Å²) < 4.78 is 0. The molecule has 0 spiro atoms. The minimum absolute atomic E-state index is 0.174. The van der Waals surface area contributed by atoms with Crippen molar-refractivity contribution in [2.75, 3.05) is 0 Å². The standard InChI is InChI=1S/C11H16N2/c1-11(2)6-9(12)8-4-3-5-13-10(8)7-11/h3-5,9H,6-7,12H2,1-2H3. The number of fused-ring (bicyclic) bond motifs is 1. The maximum atomic E-state index is 6.08. The Morgan fingerprint density at radius 3 is 3.08 bits per heavy atom. The van der Waals surface area contributed by atoms with Gasteiger partial charge in [-0.15, -0.1) is 0 Å². The van der Waals surface area contributed by atoms with E-state index in [2.05, 4.69) is 24.9 Å². The zero-order chi connectivity index (χ0) is 9.47. The van der Waals surface area contributed by atoms with Gasteiger partial charge in [-0.2, -0.15) is 0 Å². The van der Waals surface area contributed by atoms with Gasteiger partial charge in [0.05, 0.1) is 0 Å². The lowest BCUT2D eigenvalue weighted by molar-refractivity contribution is 0.279. The van der Waals surface area contributed by atoms with Crippen molar-refractivity contribution in [2.24, 2.45) is 11.1 Å². The van der Waals surface area contributed by atoms with Crippen LogP contribution in [0.3, 0.4) is 0 Å². The Bertz CT molecular complexity index is 318. The molecule has 0 saturated heterocycles. The maximum Gasteiger partial charge on any atom is 0.0456 e. The molecule has 1 aromatic heterocycles. The second kappa shape index (κ2) is 2.81. The molecule has 2 heteroatoms. The van der Waals surface area contributed by atoms with Crippen molar-refractivity contribution in [1.29, 1.82) is 0 Å². The molecule has 0 fully saturated rings. The Morgan fingerprint density at radius 1 is 1.54 bits per heavy atom. The molecule has 0 aromatic carbocycles. The van der Waals surface area contributed by atoms with Gasteiger partial charge in [-0.25, -0.2) is 0 Å². The second-order valence-electron chi connectivity index (χ2n) is 4.69. The highest BCUT2D eigenvalue weighted by molar-refractivity contribution is 5.27. The predicted octanol–water partition coefficient (Wildman–Crippen LogP) is 2.05. The summed E-state index contributed by atoms with van der Waals surface area (Å²) >= 11 is 0. The van der Waals surface area contributed by atoms with Crippen LogP contribution in [-0.4, -0.2) is 4.98 Å². The lowest BCUT2D eigenvalue weighted by Crippen LogP contribution is -2.30. The SMILES string of the molecule is CC1(C)Cc2ncccc2C(N)C1. The summed E-state index contributed by atoms with van der Waals surface area (Å²) in [6, 6.07) is 4.24. The number of pyridine rings is 1. The average molecular weight is 176 g/mol. The molecule has 0 radical (unpaired) electrons. The van der Waals surface area contributed by atoms with E-state index in [-0.39, 0.29) is 6.04 Å². The van der Waals surface area contributed by atoms with Crippen LogP contribution in [0.15, 0.2) is 18.3 Å². The Hall–Kier alpha value is -0.890. The third kappa shape index (κ3) is 1.59. The maximum absolute atomic E-state index is 6.08. The number of rotatable bonds is 0. The Balaban J connectivity index is 2.43. The lowest BCUT2D eigenvalue weighted by Gasteiger charge is -2.34. The van der Waals surface area contributed by atoms with Gasteiger partial charge in [-0.05, 0) is 29.9 Å². The number of aromatic nitrogens is 1. The molecule has 0 amide bonds. The molecule has 2 rings (SSSR count). The van der Waals surface area contributed by atoms with Gasteiger partial charge in [0.2, 0.25) is 0 Å². The first-order chi connectivity index (χ1) is 6.08. The van der Waals surface area contributed by atoms with Gasteiger partial charge in [-0.3, -0.25) is 4.98 Å². The van der Waals surface area contributed by atoms with E-state index in [1.54, 1.807) is 0 Å². The predicted molar refractivity (Wildman–Crippen MR) is 53.3 cm³/mol. The summed E-state index contributed by atoms with van der Waals surface area (Å²) in [5.74, 6) is 0. The van der Waals surface area contributed by atoms with E-state index in [4.69, 9.17) is 5.73 Å². The molecule has 13 heavy (non-hydrogen) atoms. The summed E-state index contributed by atoms with van der Waals surface area (Å²) in [6.07, 6.45) is 3.97. The molecular weight excluding hydrogens is 160 g/mol. The van der Waals surface area contributed by atoms with E-state index in [0.717, 1.165) is 12.8 Å². The zero-order valence-corrected chi connectivity index (χ0v) is 8.25. The van der Waals surface area contributed by atoms with Crippen molar-refractivity contribution in [3.05, 3.63) is 29.6 Å². The molecule has 1 atom stereocenters. The summed E-state index contributed by atoms with van der Waals surface area (Å²) in [5.41, 5.74) is 8.81. The minimum Gasteiger partial charge on any atom is -0.324 e. The van der Waals surface area contributed by atoms with Crippen LogP contribution in [0.5, 0.6) is 0 Å². The van der Waals surface area contributed by atoms with E-state index in [0.29, 0.717) is 5.41 Å². The summed E-state index contributed by atoms with van der Waals surface area (Å²) in [5, 5.41) is 0. The molecule has 1 heterocycles. The van der Waals surface area contributed by atoms with Crippen LogP contribution in [0, 0.1) is 5.41 Å². The fraction of sp³-hybridized carbons (Fsp3) is 0.545. The second-order valence-corrected chi connectivity index (χ2v) is 4.69. The Kier molecular flexibility index (Phi) is 1.88. The van der Waals surface area contributed by atoms with Crippen LogP contribution in [0.4, 0.5) is 0 Å². The molecule has 1 unspecified atom stereocenters. The summed E-state index contributed by atoms with van der Waals surface area (Å²) in [7, 11) is 0. The van der Waals surface area contributed by atoms with Gasteiger partial charge >= 0.3 is 0 Å². The zero-order valence-electron chi connectivity index (χ0n) is 8.25. The molecule has 0 saturated carbocycles. The van der Waals surface area contributed by atoms with Crippen LogP contribution >= 0.6 is 0 Å². The van der Waals surface area contributed by atoms with Crippen molar-refractivity contribution in [2.45, 2.75) is 32.7 Å². The molecular formula is C11H16N2. The van der Waals surface area contributed by atoms with E-state index in [1.165, 1.54) is 11.3 Å². The van der Waals surface area contributed by atoms with E-state index < -0.39 is 0 Å². The quantitative estimate of drug-likeness (QED) is 0.657. The topological polar surface area (TPSA) is 38.9 Å². The normalized spacial score (nSPS) is 25.3. The third-order valence-electron chi connectivity index (χ3n) is 2.74. The highest BCUT2D eigenvalue weighted by atomic mass is 14.7. The molecule has 2 nitrogen and oxygen atoms in total. The number of nitrogens with zero attached hydrogens (tertiary/aromatic N) is 1. The van der Waals surface area contributed by atoms with Crippen molar-refractivity contribution < 1.29 is 0 Å². The van der Waals surface area contributed by atoms with Gasteiger partial charge in [0.1, 0.15) is 0 Å². The molecule has 1 aliphatic rings. The van der Waals surface area contributed by atoms with Crippen LogP contribution in [-0.2, 0) is 6.42 Å². The van der Waals surface area contributed by atoms with Crippen molar-refractivity contribution in [3.8, 4) is 0 Å². The van der Waals surface area contributed by atoms with Gasteiger partial charge in [0.25, 0.3) is 0 Å². The van der Waals surface area contributed by atoms with Gasteiger partial charge in [0.15, 0.2) is 0 Å². The Labute approximate surface area is 79.2 Å². The largest absolute Gasteiger partial charge is 0.324 e. The smallest absolute Gasteiger partial charge is 0.0456 e. The average Bonchev–Trinajstić information content (AvgIpc) is 2.02. The third-order valence-corrected chi connectivity index (χ3v) is 2.74. The first-order valence-corrected chi connectivity index (χ1v) is 4.78. The number of hydrogen-bond acceptors (Lipinski definition) is 2. The van der Waals surface area contributed by atoms with Gasteiger partial charge in [0, 0.05) is 17.9 Å². The highest BCUT2D eigenvalue weighted by Gasteiger charge is 2.30. The molecule has 1 aliphatic carbocycles. The van der Waals surface area contributed by atoms with Gasteiger partial charge < -0.3 is 5.73 Å². The van der Waals surface area contributed by atoms with E-state index in [1.807, 2.05) is 12.3 Å². The van der Waals surface area contributed by atoms with Gasteiger partial charge in [-0.1, -0.05) is 19.9 Å². The van der Waals surface area contributed by atoms with Crippen molar-refractivity contribution >= 4 is 0 Å². The van der Waals surface area contributed by atoms with E-state index >= 15 is 0 Å². The fourth-order valence-electron chi connectivity index (χ4n) is 2.17. The fourth-order valence-corrected chi connectivity index (χ4v) is 2.17. The highest BCUT2D eigenvalue weighted by Crippen LogP contribution is 2.38. The number of nitrogens with two attached hydrogens (primary N) is 1. The summed E-state index contributed by atoms with van der Waals surface area (Å²) in [6.45, 7) is 4.51. The van der Waals surface area contributed by atoms with Crippen molar-refractivity contribution in [1.82, 2.24) is 4.98 Å². The van der Waals surface area contributed by atoms with Crippen LogP contribution in [0.25, 0.3) is 0 Å². The lowest BCUT2D eigenvalue weighted by atomic mass is 9.74. The molecule has 1 aromatic rings. The van der Waals surface area contributed by atoms with Crippen LogP contribution in [0.1, 0.15) is 37.6 Å². The summed E-state index contributed by atoms with van der Waals surface area (Å²) in [4.78, 5) is 4.39. The monoisotopic (exact) mass is 176 g/mol. The van der Waals surface area contributed by atoms with E-state index in [9.17, 15) is 0 Å². The molecule has 0 aliphatic heterocycles. The van der Waals surface area contributed by atoms with Crippen molar-refractivity contribution in [3.63, 3.8) is 0 Å². The minimum atomic E-state index is 0.174. The molecule has 2 N–H and O–H groups in total. The number of hydrogen-bond donors (Lipinski definition) is 1. The molecule has 0 bridgehead atoms. The first kappa shape index (κ1) is 8.70. The first-order valence-electron chi connectivity index (χ1n) is 4.78.